The molecule has 3 rings (SSSR count). The van der Waals surface area contributed by atoms with Crippen LogP contribution < -0.4 is 15.8 Å². The maximum Gasteiger partial charge on any atom is 0.405 e. The number of hydrogen-bond donors (Lipinski definition) is 4. The van der Waals surface area contributed by atoms with Crippen LogP contribution in [0.3, 0.4) is 0 Å². The number of nitrogens with zero attached hydrogens (tertiary/aromatic N) is 3. The third kappa shape index (κ3) is 2.74. The van der Waals surface area contributed by atoms with Crippen LogP contribution in [0, 0.1) is 3.70 Å². The third-order valence-corrected chi connectivity index (χ3v) is 4.73. The van der Waals surface area contributed by atoms with E-state index in [-0.39, 0.29) is 5.56 Å². The van der Waals surface area contributed by atoms with Gasteiger partial charge in [0.2, 0.25) is 5.95 Å². The molecular weight excluding hydrogens is 403 g/mol. The van der Waals surface area contributed by atoms with Crippen LogP contribution in [0.15, 0.2) is 4.79 Å². The Hall–Kier alpha value is -1.85. The van der Waals surface area contributed by atoms with E-state index < -0.39 is 11.6 Å². The highest BCUT2D eigenvalue weighted by Gasteiger charge is 2.32. The van der Waals surface area contributed by atoms with E-state index in [1.807, 2.05) is 34.4 Å². The maximum absolute atomic E-state index is 12.1. The molecule has 4 N–H and O–H groups in total. The predicted octanol–water partition coefficient (Wildman–Crippen LogP) is 0.877. The van der Waals surface area contributed by atoms with Crippen molar-refractivity contribution < 1.29 is 9.90 Å². The van der Waals surface area contributed by atoms with Gasteiger partial charge in [0.1, 0.15) is 9.09 Å². The number of amides is 1. The van der Waals surface area contributed by atoms with E-state index in [2.05, 4.69) is 25.5 Å². The molecule has 1 aliphatic rings. The van der Waals surface area contributed by atoms with Gasteiger partial charge in [-0.15, -0.1) is 0 Å². The number of H-pyrrole nitrogens is 2. The van der Waals surface area contributed by atoms with Gasteiger partial charge in [0.15, 0.2) is 5.65 Å². The Morgan fingerprint density at radius 3 is 2.77 bits per heavy atom. The molecule has 118 valence electrons. The minimum absolute atomic E-state index is 0.227. The summed E-state index contributed by atoms with van der Waals surface area (Å²) in [5.74, 6) is 0.481. The smallest absolute Gasteiger partial charge is 0.405 e. The van der Waals surface area contributed by atoms with Gasteiger partial charge in [-0.05, 0) is 42.4 Å². The minimum atomic E-state index is -1.02. The fourth-order valence-corrected chi connectivity index (χ4v) is 3.26. The van der Waals surface area contributed by atoms with Crippen LogP contribution in [-0.4, -0.2) is 50.0 Å². The molecular formula is C12H15IN6O3. The number of fused-ring (bicyclic) bond motifs is 1. The van der Waals surface area contributed by atoms with Crippen molar-refractivity contribution in [2.75, 3.05) is 18.0 Å². The summed E-state index contributed by atoms with van der Waals surface area (Å²) in [5.41, 5.74) is -0.217. The van der Waals surface area contributed by atoms with Crippen molar-refractivity contribution in [2.24, 2.45) is 0 Å². The van der Waals surface area contributed by atoms with Crippen LogP contribution in [0.1, 0.15) is 19.8 Å². The zero-order chi connectivity index (χ0) is 15.9. The summed E-state index contributed by atoms with van der Waals surface area (Å²) in [6.07, 6.45) is 0.263. The van der Waals surface area contributed by atoms with Crippen molar-refractivity contribution in [1.29, 1.82) is 0 Å². The Kier molecular flexibility index (Phi) is 3.70. The first-order chi connectivity index (χ1) is 10.4. The highest BCUT2D eigenvalue weighted by atomic mass is 127. The number of hydrogen-bond acceptors (Lipinski definition) is 5. The zero-order valence-electron chi connectivity index (χ0n) is 11.8. The molecule has 1 saturated heterocycles. The molecule has 1 fully saturated rings. The lowest BCUT2D eigenvalue weighted by atomic mass is 9.90. The summed E-state index contributed by atoms with van der Waals surface area (Å²) in [4.78, 5) is 32.1. The molecule has 3 heterocycles. The minimum Gasteiger partial charge on any atom is -0.465 e. The average Bonchev–Trinajstić information content (AvgIpc) is 2.80. The van der Waals surface area contributed by atoms with Crippen molar-refractivity contribution in [2.45, 2.75) is 25.3 Å². The molecule has 0 aliphatic carbocycles. The average molecular weight is 418 g/mol. The van der Waals surface area contributed by atoms with Gasteiger partial charge in [-0.25, -0.2) is 4.79 Å². The standard InChI is InChI=1S/C12H15IN6O3/c1-12(16-11(21)22)2-4-19(5-3-12)10-14-8-6(9(20)15-10)7(13)17-18-8/h16H,2-5H2,1H3,(H,21,22)(H2,14,15,17,18,20). The molecule has 0 spiro atoms. The van der Waals surface area contributed by atoms with Crippen molar-refractivity contribution >= 4 is 45.7 Å². The van der Waals surface area contributed by atoms with Crippen molar-refractivity contribution in [3.05, 3.63) is 14.1 Å². The molecule has 0 bridgehead atoms. The Morgan fingerprint density at radius 2 is 2.14 bits per heavy atom. The van der Waals surface area contributed by atoms with Crippen LogP contribution in [0.4, 0.5) is 10.7 Å². The number of carboxylic acid groups (broad SMARTS) is 1. The molecule has 2 aromatic rings. The van der Waals surface area contributed by atoms with Gasteiger partial charge in [-0.1, -0.05) is 0 Å². The monoisotopic (exact) mass is 418 g/mol. The number of rotatable bonds is 2. The largest absolute Gasteiger partial charge is 0.465 e. The van der Waals surface area contributed by atoms with Gasteiger partial charge in [-0.3, -0.25) is 14.9 Å². The second kappa shape index (κ2) is 5.41. The zero-order valence-corrected chi connectivity index (χ0v) is 14.0. The quantitative estimate of drug-likeness (QED) is 0.537. The van der Waals surface area contributed by atoms with Gasteiger partial charge in [-0.2, -0.15) is 10.1 Å². The van der Waals surface area contributed by atoms with Crippen molar-refractivity contribution in [1.82, 2.24) is 25.5 Å². The second-order valence-electron chi connectivity index (χ2n) is 5.61. The van der Waals surface area contributed by atoms with Crippen LogP contribution in [-0.2, 0) is 0 Å². The number of nitrogens with one attached hydrogen (secondary N) is 3. The number of halogens is 1. The topological polar surface area (TPSA) is 127 Å². The summed E-state index contributed by atoms with van der Waals surface area (Å²) in [7, 11) is 0. The first kappa shape index (κ1) is 15.1. The van der Waals surface area contributed by atoms with Gasteiger partial charge >= 0.3 is 6.09 Å². The van der Waals surface area contributed by atoms with Crippen LogP contribution >= 0.6 is 22.6 Å². The number of piperidine rings is 1. The fourth-order valence-electron chi connectivity index (χ4n) is 2.64. The van der Waals surface area contributed by atoms with E-state index in [0.717, 1.165) is 0 Å². The SMILES string of the molecule is CC1(NC(=O)O)CCN(c2nc3[nH]nc(I)c3c(=O)[nH]2)CC1. The second-order valence-corrected chi connectivity index (χ2v) is 6.63. The Morgan fingerprint density at radius 1 is 1.45 bits per heavy atom. The summed E-state index contributed by atoms with van der Waals surface area (Å²) >= 11 is 1.98. The third-order valence-electron chi connectivity index (χ3n) is 3.95. The molecule has 9 nitrogen and oxygen atoms in total. The Bertz CT molecular complexity index is 777. The van der Waals surface area contributed by atoms with Gasteiger partial charge in [0.05, 0.1) is 0 Å². The lowest BCUT2D eigenvalue weighted by Crippen LogP contribution is -2.53. The lowest BCUT2D eigenvalue weighted by Gasteiger charge is -2.39. The molecule has 1 amide bonds. The van der Waals surface area contributed by atoms with Crippen LogP contribution in [0.2, 0.25) is 0 Å². The summed E-state index contributed by atoms with van der Waals surface area (Å²) in [6, 6.07) is 0. The number of aromatic nitrogens is 4. The Labute approximate surface area is 138 Å². The highest BCUT2D eigenvalue weighted by molar-refractivity contribution is 14.1. The molecule has 2 aromatic heterocycles. The summed E-state index contributed by atoms with van der Waals surface area (Å²) in [6.45, 7) is 3.10. The van der Waals surface area contributed by atoms with E-state index in [1.165, 1.54) is 0 Å². The van der Waals surface area contributed by atoms with Gasteiger partial charge < -0.3 is 15.3 Å². The highest BCUT2D eigenvalue weighted by Crippen LogP contribution is 2.24. The van der Waals surface area contributed by atoms with E-state index in [9.17, 15) is 9.59 Å². The van der Waals surface area contributed by atoms with E-state index in [4.69, 9.17) is 5.11 Å². The van der Waals surface area contributed by atoms with E-state index in [1.54, 1.807) is 0 Å². The van der Waals surface area contributed by atoms with Crippen LogP contribution in [0.25, 0.3) is 11.0 Å². The molecule has 0 aromatic carbocycles. The number of anilines is 1. The fraction of sp³-hybridized carbons (Fsp3) is 0.500. The van der Waals surface area contributed by atoms with Crippen molar-refractivity contribution in [3.63, 3.8) is 0 Å². The molecule has 0 atom stereocenters. The maximum atomic E-state index is 12.1. The van der Waals surface area contributed by atoms with Gasteiger partial charge in [0, 0.05) is 18.6 Å². The lowest BCUT2D eigenvalue weighted by molar-refractivity contribution is 0.173. The molecule has 0 saturated carbocycles. The summed E-state index contributed by atoms with van der Waals surface area (Å²) in [5, 5.41) is 18.6. The molecule has 22 heavy (non-hydrogen) atoms. The van der Waals surface area contributed by atoms with Crippen molar-refractivity contribution in [3.8, 4) is 0 Å². The van der Waals surface area contributed by atoms with Crippen LogP contribution in [0.5, 0.6) is 0 Å². The summed E-state index contributed by atoms with van der Waals surface area (Å²) < 4.78 is 0.588. The molecule has 0 unspecified atom stereocenters. The molecule has 1 aliphatic heterocycles. The predicted molar refractivity (Wildman–Crippen MR) is 88.2 cm³/mol. The first-order valence-electron chi connectivity index (χ1n) is 6.78. The van der Waals surface area contributed by atoms with E-state index in [0.29, 0.717) is 46.6 Å². The number of carbonyl (C=O) groups is 1. The molecule has 0 radical (unpaired) electrons. The molecule has 10 heteroatoms. The van der Waals surface area contributed by atoms with E-state index >= 15 is 0 Å². The normalized spacial score (nSPS) is 17.6. The first-order valence-corrected chi connectivity index (χ1v) is 7.86. The Balaban J connectivity index is 1.82. The van der Waals surface area contributed by atoms with Gasteiger partial charge in [0.25, 0.3) is 5.56 Å². The number of aromatic amines is 2.